The molecule has 0 aromatic carbocycles. The molecule has 0 bridgehead atoms. The standard InChI is InChI=1S/C10H18NO2/c1-8-6-5-7-11(8)9(12)13-10(2,3)4/h7-8H,5-6H2,1-4H3/t8-/m0/s1. The van der Waals surface area contributed by atoms with E-state index in [1.165, 1.54) is 0 Å². The van der Waals surface area contributed by atoms with Crippen molar-refractivity contribution < 1.29 is 9.53 Å². The number of hydrogen-bond donors (Lipinski definition) is 0. The third kappa shape index (κ3) is 2.90. The molecule has 1 rings (SSSR count). The van der Waals surface area contributed by atoms with Crippen molar-refractivity contribution >= 4 is 6.09 Å². The molecule has 1 amide bonds. The third-order valence-corrected chi connectivity index (χ3v) is 1.99. The van der Waals surface area contributed by atoms with E-state index in [-0.39, 0.29) is 12.1 Å². The van der Waals surface area contributed by atoms with Crippen molar-refractivity contribution in [3.05, 3.63) is 6.54 Å². The molecular formula is C10H18NO2. The smallest absolute Gasteiger partial charge is 0.410 e. The summed E-state index contributed by atoms with van der Waals surface area (Å²) in [5.41, 5.74) is -0.396. The van der Waals surface area contributed by atoms with E-state index in [9.17, 15) is 4.79 Å². The predicted molar refractivity (Wildman–Crippen MR) is 51.1 cm³/mol. The first-order valence-corrected chi connectivity index (χ1v) is 4.75. The van der Waals surface area contributed by atoms with Gasteiger partial charge in [0.1, 0.15) is 5.60 Å². The van der Waals surface area contributed by atoms with Crippen LogP contribution in [0.3, 0.4) is 0 Å². The van der Waals surface area contributed by atoms with Crippen molar-refractivity contribution in [2.75, 3.05) is 0 Å². The van der Waals surface area contributed by atoms with Gasteiger partial charge in [-0.25, -0.2) is 4.79 Å². The van der Waals surface area contributed by atoms with Gasteiger partial charge in [-0.3, -0.25) is 0 Å². The fourth-order valence-electron chi connectivity index (χ4n) is 1.34. The van der Waals surface area contributed by atoms with E-state index in [4.69, 9.17) is 4.74 Å². The van der Waals surface area contributed by atoms with Crippen LogP contribution in [0.15, 0.2) is 0 Å². The van der Waals surface area contributed by atoms with E-state index >= 15 is 0 Å². The third-order valence-electron chi connectivity index (χ3n) is 1.99. The second kappa shape index (κ2) is 3.56. The molecule has 3 nitrogen and oxygen atoms in total. The molecule has 0 N–H and O–H groups in total. The van der Waals surface area contributed by atoms with Crippen LogP contribution in [0.2, 0.25) is 0 Å². The highest BCUT2D eigenvalue weighted by Crippen LogP contribution is 2.22. The normalized spacial score (nSPS) is 23.4. The summed E-state index contributed by atoms with van der Waals surface area (Å²) in [6, 6.07) is 0.287. The highest BCUT2D eigenvalue weighted by molar-refractivity contribution is 5.69. The molecule has 1 atom stereocenters. The van der Waals surface area contributed by atoms with Crippen molar-refractivity contribution in [1.29, 1.82) is 0 Å². The summed E-state index contributed by atoms with van der Waals surface area (Å²) >= 11 is 0. The lowest BCUT2D eigenvalue weighted by atomic mass is 10.2. The number of carbonyl (C=O) groups is 1. The van der Waals surface area contributed by atoms with Crippen LogP contribution < -0.4 is 0 Å². The van der Waals surface area contributed by atoms with Gasteiger partial charge in [0, 0.05) is 6.04 Å². The van der Waals surface area contributed by atoms with Crippen molar-refractivity contribution in [3.63, 3.8) is 0 Å². The van der Waals surface area contributed by atoms with Crippen LogP contribution in [0.5, 0.6) is 0 Å². The maximum absolute atomic E-state index is 11.5. The molecule has 1 radical (unpaired) electrons. The van der Waals surface area contributed by atoms with Gasteiger partial charge in [-0.15, -0.1) is 0 Å². The fourth-order valence-corrected chi connectivity index (χ4v) is 1.34. The predicted octanol–water partition coefficient (Wildman–Crippen LogP) is 2.57. The van der Waals surface area contributed by atoms with Crippen LogP contribution in [0.4, 0.5) is 4.79 Å². The van der Waals surface area contributed by atoms with Crippen LogP contribution in [-0.4, -0.2) is 22.6 Å². The number of ether oxygens (including phenoxy) is 1. The van der Waals surface area contributed by atoms with E-state index < -0.39 is 5.60 Å². The molecule has 1 aliphatic rings. The largest absolute Gasteiger partial charge is 0.444 e. The maximum Gasteiger partial charge on any atom is 0.410 e. The first-order chi connectivity index (χ1) is 5.90. The fraction of sp³-hybridized carbons (Fsp3) is 0.800. The molecule has 1 heterocycles. The Kier molecular flexibility index (Phi) is 2.84. The summed E-state index contributed by atoms with van der Waals surface area (Å²) in [4.78, 5) is 13.2. The van der Waals surface area contributed by atoms with Gasteiger partial charge >= 0.3 is 6.09 Å². The summed E-state index contributed by atoms with van der Waals surface area (Å²) in [6.45, 7) is 9.59. The molecule has 0 aromatic rings. The highest BCUT2D eigenvalue weighted by Gasteiger charge is 2.29. The molecule has 0 saturated carbocycles. The lowest BCUT2D eigenvalue weighted by Gasteiger charge is -2.26. The topological polar surface area (TPSA) is 29.5 Å². The van der Waals surface area contributed by atoms with Gasteiger partial charge in [0.05, 0.1) is 6.54 Å². The number of rotatable bonds is 0. The van der Waals surface area contributed by atoms with Crippen LogP contribution in [-0.2, 0) is 4.74 Å². The van der Waals surface area contributed by atoms with Gasteiger partial charge in [0.25, 0.3) is 0 Å². The molecule has 1 fully saturated rings. The number of amides is 1. The minimum atomic E-state index is -0.396. The zero-order valence-electron chi connectivity index (χ0n) is 8.83. The first-order valence-electron chi connectivity index (χ1n) is 4.75. The second-order valence-corrected chi connectivity index (χ2v) is 4.50. The Morgan fingerprint density at radius 2 is 2.15 bits per heavy atom. The maximum atomic E-state index is 11.5. The van der Waals surface area contributed by atoms with Crippen LogP contribution >= 0.6 is 0 Å². The number of nitrogens with zero attached hydrogens (tertiary/aromatic N) is 1. The summed E-state index contributed by atoms with van der Waals surface area (Å²) in [6.07, 6.45) is 1.79. The Bertz CT molecular complexity index is 196. The lowest BCUT2D eigenvalue weighted by Crippen LogP contribution is -2.36. The van der Waals surface area contributed by atoms with Crippen LogP contribution in [0.1, 0.15) is 40.5 Å². The van der Waals surface area contributed by atoms with Gasteiger partial charge in [0.15, 0.2) is 0 Å². The Balaban J connectivity index is 2.48. The number of likely N-dealkylation sites (tertiary alicyclic amines) is 1. The molecule has 0 aliphatic carbocycles. The Labute approximate surface area is 80.1 Å². The molecule has 1 aliphatic heterocycles. The molecule has 1 saturated heterocycles. The highest BCUT2D eigenvalue weighted by atomic mass is 16.6. The molecule has 0 spiro atoms. The SMILES string of the molecule is C[C@H]1CC[CH]N1C(=O)OC(C)(C)C. The molecule has 13 heavy (non-hydrogen) atoms. The van der Waals surface area contributed by atoms with Gasteiger partial charge < -0.3 is 9.64 Å². The lowest BCUT2D eigenvalue weighted by molar-refractivity contribution is 0.0282. The van der Waals surface area contributed by atoms with E-state index in [0.29, 0.717) is 0 Å². The zero-order chi connectivity index (χ0) is 10.1. The van der Waals surface area contributed by atoms with Gasteiger partial charge in [-0.2, -0.15) is 0 Å². The van der Waals surface area contributed by atoms with Crippen LogP contribution in [0, 0.1) is 6.54 Å². The quantitative estimate of drug-likeness (QED) is 0.579. The summed E-state index contributed by atoms with van der Waals surface area (Å²) in [7, 11) is 0. The molecule has 0 aromatic heterocycles. The van der Waals surface area contributed by atoms with Gasteiger partial charge in [0.2, 0.25) is 0 Å². The van der Waals surface area contributed by atoms with Crippen LogP contribution in [0.25, 0.3) is 0 Å². The van der Waals surface area contributed by atoms with E-state index in [2.05, 4.69) is 0 Å². The number of hydrogen-bond acceptors (Lipinski definition) is 2. The summed E-state index contributed by atoms with van der Waals surface area (Å²) < 4.78 is 5.25. The average molecular weight is 184 g/mol. The Morgan fingerprint density at radius 1 is 1.54 bits per heavy atom. The molecule has 75 valence electrons. The van der Waals surface area contributed by atoms with Crippen molar-refractivity contribution in [3.8, 4) is 0 Å². The van der Waals surface area contributed by atoms with Gasteiger partial charge in [-0.1, -0.05) is 0 Å². The molecular weight excluding hydrogens is 166 g/mol. The molecule has 0 unspecified atom stereocenters. The van der Waals surface area contributed by atoms with E-state index in [0.717, 1.165) is 12.8 Å². The minimum Gasteiger partial charge on any atom is -0.444 e. The second-order valence-electron chi connectivity index (χ2n) is 4.50. The number of carbonyl (C=O) groups excluding carboxylic acids is 1. The summed E-state index contributed by atoms with van der Waals surface area (Å²) in [5, 5.41) is 0. The zero-order valence-corrected chi connectivity index (χ0v) is 8.83. The minimum absolute atomic E-state index is 0.225. The monoisotopic (exact) mass is 184 g/mol. The molecule has 3 heteroatoms. The Morgan fingerprint density at radius 3 is 2.54 bits per heavy atom. The first kappa shape index (κ1) is 10.4. The van der Waals surface area contributed by atoms with Crippen molar-refractivity contribution in [2.24, 2.45) is 0 Å². The van der Waals surface area contributed by atoms with E-state index in [1.54, 1.807) is 4.90 Å². The average Bonchev–Trinajstić information content (AvgIpc) is 2.30. The van der Waals surface area contributed by atoms with Gasteiger partial charge in [-0.05, 0) is 40.5 Å². The Hall–Kier alpha value is -0.730. The van der Waals surface area contributed by atoms with Crippen molar-refractivity contribution in [1.82, 2.24) is 4.90 Å². The van der Waals surface area contributed by atoms with E-state index in [1.807, 2.05) is 34.2 Å². The summed E-state index contributed by atoms with van der Waals surface area (Å²) in [5.74, 6) is 0. The van der Waals surface area contributed by atoms with Crippen molar-refractivity contribution in [2.45, 2.75) is 52.2 Å².